The van der Waals surface area contributed by atoms with E-state index >= 15 is 0 Å². The van der Waals surface area contributed by atoms with Crippen LogP contribution in [0.4, 0.5) is 19.3 Å². The highest BCUT2D eigenvalue weighted by molar-refractivity contribution is 8.15. The number of allylic oxidation sites excluding steroid dienone is 1. The largest absolute Gasteiger partial charge is 0.444 e. The molecule has 3 aromatic rings. The zero-order chi connectivity index (χ0) is 26.9. The zero-order valence-electron chi connectivity index (χ0n) is 20.6. The molecule has 0 saturated carbocycles. The molecule has 3 aromatic carbocycles. The maximum atomic E-state index is 14.8. The summed E-state index contributed by atoms with van der Waals surface area (Å²) in [5.41, 5.74) is 2.03. The van der Waals surface area contributed by atoms with Crippen molar-refractivity contribution in [2.75, 3.05) is 11.4 Å². The van der Waals surface area contributed by atoms with E-state index in [-0.39, 0.29) is 35.6 Å². The van der Waals surface area contributed by atoms with E-state index < -0.39 is 22.6 Å². The second kappa shape index (κ2) is 10.4. The summed E-state index contributed by atoms with van der Waals surface area (Å²) in [6.45, 7) is 5.57. The molecule has 2 amide bonds. The molecule has 2 atom stereocenters. The van der Waals surface area contributed by atoms with Crippen molar-refractivity contribution in [2.45, 2.75) is 24.8 Å². The van der Waals surface area contributed by atoms with Crippen molar-refractivity contribution in [1.82, 2.24) is 5.01 Å². The number of hydrazone groups is 1. The number of hydrogen-bond donors (Lipinski definition) is 0. The third kappa shape index (κ3) is 4.47. The minimum atomic E-state index is -1.11. The van der Waals surface area contributed by atoms with Crippen molar-refractivity contribution in [3.8, 4) is 0 Å². The first kappa shape index (κ1) is 25.7. The standard InChI is InChI=1S/C29H25F2N3O3S/c1-3-9-21-17-33(28(36)37-18-20-10-5-4-6-11-20)26-13-8-7-12-24(26)29(21)34(19(2)35)32-27(38-29)23-16-22(30)14-15-25(23)31/h3-8,10-16,21H,1,9,17-18H2,2H3. The number of benzene rings is 3. The summed E-state index contributed by atoms with van der Waals surface area (Å²) < 4.78 is 34.5. The Bertz CT molecular complexity index is 1430. The molecule has 5 rings (SSSR count). The summed E-state index contributed by atoms with van der Waals surface area (Å²) in [4.78, 5) is 26.8. The SMILES string of the molecule is C=CCC1CN(C(=O)OCc2ccccc2)c2ccccc2C12SC(c1cc(F)ccc1F)=NN2C(C)=O. The van der Waals surface area contributed by atoms with Gasteiger partial charge in [-0.1, -0.05) is 66.4 Å². The molecule has 2 unspecified atom stereocenters. The highest BCUT2D eigenvalue weighted by Crippen LogP contribution is 2.58. The molecule has 38 heavy (non-hydrogen) atoms. The van der Waals surface area contributed by atoms with Crippen LogP contribution in [0.3, 0.4) is 0 Å². The van der Waals surface area contributed by atoms with Crippen LogP contribution >= 0.6 is 11.8 Å². The van der Waals surface area contributed by atoms with Crippen molar-refractivity contribution in [2.24, 2.45) is 11.0 Å². The molecular formula is C29H25F2N3O3S. The van der Waals surface area contributed by atoms with Gasteiger partial charge in [0.05, 0.1) is 5.69 Å². The highest BCUT2D eigenvalue weighted by atomic mass is 32.2. The lowest BCUT2D eigenvalue weighted by Gasteiger charge is -2.48. The Labute approximate surface area is 223 Å². The topological polar surface area (TPSA) is 62.2 Å². The Kier molecular flexibility index (Phi) is 7.03. The lowest BCUT2D eigenvalue weighted by Crippen LogP contribution is -2.55. The number of halogens is 2. The summed E-state index contributed by atoms with van der Waals surface area (Å²) >= 11 is 1.18. The van der Waals surface area contributed by atoms with Crippen LogP contribution in [0.15, 0.2) is 90.6 Å². The van der Waals surface area contributed by atoms with Gasteiger partial charge in [-0.3, -0.25) is 9.69 Å². The van der Waals surface area contributed by atoms with Gasteiger partial charge in [-0.25, -0.2) is 18.6 Å². The van der Waals surface area contributed by atoms with Gasteiger partial charge in [-0.15, -0.1) is 6.58 Å². The number of rotatable bonds is 5. The van der Waals surface area contributed by atoms with Crippen LogP contribution in [0.5, 0.6) is 0 Å². The highest BCUT2D eigenvalue weighted by Gasteiger charge is 2.57. The van der Waals surface area contributed by atoms with E-state index in [1.165, 1.54) is 23.7 Å². The fourth-order valence-corrected chi connectivity index (χ4v) is 6.52. The molecule has 0 radical (unpaired) electrons. The molecule has 0 fully saturated rings. The molecule has 0 bridgehead atoms. The quantitative estimate of drug-likeness (QED) is 0.355. The number of fused-ring (bicyclic) bond motifs is 2. The zero-order valence-corrected chi connectivity index (χ0v) is 21.5. The van der Waals surface area contributed by atoms with Crippen molar-refractivity contribution in [3.63, 3.8) is 0 Å². The van der Waals surface area contributed by atoms with E-state index in [1.807, 2.05) is 42.5 Å². The Balaban J connectivity index is 1.57. The Morgan fingerprint density at radius 3 is 2.61 bits per heavy atom. The van der Waals surface area contributed by atoms with E-state index in [0.717, 1.165) is 23.8 Å². The minimum absolute atomic E-state index is 0.0299. The van der Waals surface area contributed by atoms with Crippen molar-refractivity contribution < 1.29 is 23.1 Å². The molecule has 9 heteroatoms. The molecule has 0 aliphatic carbocycles. The van der Waals surface area contributed by atoms with Gasteiger partial charge in [0.15, 0.2) is 0 Å². The lowest BCUT2D eigenvalue weighted by molar-refractivity contribution is -0.133. The molecule has 2 aliphatic rings. The molecule has 1 spiro atoms. The Morgan fingerprint density at radius 2 is 1.87 bits per heavy atom. The second-order valence-corrected chi connectivity index (χ2v) is 10.3. The van der Waals surface area contributed by atoms with E-state index in [0.29, 0.717) is 17.7 Å². The van der Waals surface area contributed by atoms with E-state index in [2.05, 4.69) is 11.7 Å². The summed E-state index contributed by atoms with van der Waals surface area (Å²) in [5, 5.41) is 6.01. The average molecular weight is 534 g/mol. The summed E-state index contributed by atoms with van der Waals surface area (Å²) in [6, 6.07) is 19.7. The van der Waals surface area contributed by atoms with Gasteiger partial charge in [0, 0.05) is 30.5 Å². The van der Waals surface area contributed by atoms with Gasteiger partial charge in [0.2, 0.25) is 5.91 Å². The number of ether oxygens (including phenoxy) is 1. The predicted molar refractivity (Wildman–Crippen MR) is 143 cm³/mol. The van der Waals surface area contributed by atoms with E-state index in [9.17, 15) is 18.4 Å². The van der Waals surface area contributed by atoms with Gasteiger partial charge in [-0.2, -0.15) is 5.10 Å². The monoisotopic (exact) mass is 533 g/mol. The molecule has 0 saturated heterocycles. The van der Waals surface area contributed by atoms with Crippen molar-refractivity contribution in [3.05, 3.63) is 114 Å². The van der Waals surface area contributed by atoms with Crippen molar-refractivity contribution >= 4 is 34.5 Å². The number of nitrogens with zero attached hydrogens (tertiary/aromatic N) is 3. The van der Waals surface area contributed by atoms with Crippen LogP contribution in [0.25, 0.3) is 0 Å². The predicted octanol–water partition coefficient (Wildman–Crippen LogP) is 6.42. The smallest absolute Gasteiger partial charge is 0.414 e. The van der Waals surface area contributed by atoms with Crippen molar-refractivity contribution in [1.29, 1.82) is 0 Å². The number of hydrogen-bond acceptors (Lipinski definition) is 5. The molecule has 6 nitrogen and oxygen atoms in total. The number of carbonyl (C=O) groups excluding carboxylic acids is 2. The van der Waals surface area contributed by atoms with Crippen LogP contribution in [0.1, 0.15) is 30.0 Å². The van der Waals surface area contributed by atoms with Crippen LogP contribution in [0.2, 0.25) is 0 Å². The Morgan fingerprint density at radius 1 is 1.13 bits per heavy atom. The van der Waals surface area contributed by atoms with Gasteiger partial charge < -0.3 is 4.74 Å². The summed E-state index contributed by atoms with van der Waals surface area (Å²) in [7, 11) is 0. The molecule has 0 N–H and O–H groups in total. The summed E-state index contributed by atoms with van der Waals surface area (Å²) in [6.07, 6.45) is 1.61. The minimum Gasteiger partial charge on any atom is -0.444 e. The number of para-hydroxylation sites is 1. The fourth-order valence-electron chi connectivity index (χ4n) is 4.96. The van der Waals surface area contributed by atoms with E-state index in [4.69, 9.17) is 4.74 Å². The summed E-state index contributed by atoms with van der Waals surface area (Å²) in [5.74, 6) is -2.01. The molecule has 2 heterocycles. The average Bonchev–Trinajstić information content (AvgIpc) is 3.32. The maximum absolute atomic E-state index is 14.8. The molecule has 194 valence electrons. The molecule has 2 aliphatic heterocycles. The van der Waals surface area contributed by atoms with Gasteiger partial charge in [-0.05, 0) is 36.2 Å². The number of carbonyl (C=O) groups is 2. The first-order valence-electron chi connectivity index (χ1n) is 12.1. The molecular weight excluding hydrogens is 508 g/mol. The lowest BCUT2D eigenvalue weighted by atomic mass is 9.83. The fraction of sp³-hybridized carbons (Fsp3) is 0.207. The number of amides is 2. The van der Waals surface area contributed by atoms with Gasteiger partial charge >= 0.3 is 6.09 Å². The third-order valence-corrected chi connectivity index (χ3v) is 8.16. The van der Waals surface area contributed by atoms with Crippen LogP contribution in [-0.4, -0.2) is 28.6 Å². The molecule has 0 aromatic heterocycles. The van der Waals surface area contributed by atoms with Gasteiger partial charge in [0.25, 0.3) is 0 Å². The Hall–Kier alpha value is -3.98. The number of thioether (sulfide) groups is 1. The second-order valence-electron chi connectivity index (χ2n) is 9.05. The number of anilines is 1. The third-order valence-electron chi connectivity index (χ3n) is 6.63. The van der Waals surface area contributed by atoms with Crippen LogP contribution < -0.4 is 4.90 Å². The normalized spacial score (nSPS) is 20.2. The first-order valence-corrected chi connectivity index (χ1v) is 12.9. The van der Waals surface area contributed by atoms with Gasteiger partial charge in [0.1, 0.15) is 28.2 Å². The van der Waals surface area contributed by atoms with E-state index in [1.54, 1.807) is 23.1 Å². The maximum Gasteiger partial charge on any atom is 0.414 e. The van der Waals surface area contributed by atoms with Crippen LogP contribution in [0, 0.1) is 17.6 Å². The first-order chi connectivity index (χ1) is 18.3. The van der Waals surface area contributed by atoms with Crippen LogP contribution in [-0.2, 0) is 21.0 Å².